The maximum atomic E-state index is 12.9. The van der Waals surface area contributed by atoms with Gasteiger partial charge in [-0.1, -0.05) is 43.8 Å². The van der Waals surface area contributed by atoms with Crippen molar-refractivity contribution in [3.8, 4) is 5.69 Å². The predicted molar refractivity (Wildman–Crippen MR) is 103 cm³/mol. The van der Waals surface area contributed by atoms with E-state index in [9.17, 15) is 13.2 Å². The van der Waals surface area contributed by atoms with Crippen LogP contribution in [0.15, 0.2) is 35.5 Å². The lowest BCUT2D eigenvalue weighted by atomic mass is 10.1. The van der Waals surface area contributed by atoms with Crippen molar-refractivity contribution >= 4 is 27.5 Å². The zero-order valence-electron chi connectivity index (χ0n) is 15.4. The molecule has 1 aromatic carbocycles. The SMILES string of the molecule is CC(C)CN(C(=O)CSc1nnnn1-c1ccccc1)C1CCS(=O)(=O)C1. The van der Waals surface area contributed by atoms with Crippen LogP contribution in [-0.2, 0) is 14.6 Å². The Bertz CT molecular complexity index is 883. The molecule has 1 aromatic heterocycles. The van der Waals surface area contributed by atoms with Gasteiger partial charge >= 0.3 is 0 Å². The highest BCUT2D eigenvalue weighted by Gasteiger charge is 2.34. The van der Waals surface area contributed by atoms with E-state index in [1.807, 2.05) is 44.2 Å². The molecule has 1 saturated heterocycles. The molecule has 1 atom stereocenters. The van der Waals surface area contributed by atoms with E-state index in [-0.39, 0.29) is 35.1 Å². The van der Waals surface area contributed by atoms with Gasteiger partial charge in [0.2, 0.25) is 11.1 Å². The Balaban J connectivity index is 1.69. The minimum Gasteiger partial charge on any atom is -0.338 e. The molecule has 146 valence electrons. The van der Waals surface area contributed by atoms with E-state index < -0.39 is 9.84 Å². The molecule has 0 N–H and O–H groups in total. The van der Waals surface area contributed by atoms with Gasteiger partial charge in [-0.15, -0.1) is 5.10 Å². The molecule has 1 fully saturated rings. The average molecular weight is 410 g/mol. The van der Waals surface area contributed by atoms with E-state index in [2.05, 4.69) is 15.5 Å². The normalized spacial score (nSPS) is 18.7. The number of carbonyl (C=O) groups is 1. The molecular formula is C17H23N5O3S2. The van der Waals surface area contributed by atoms with E-state index in [1.165, 1.54) is 11.8 Å². The Hall–Kier alpha value is -1.94. The van der Waals surface area contributed by atoms with Crippen LogP contribution in [0.5, 0.6) is 0 Å². The lowest BCUT2D eigenvalue weighted by Crippen LogP contribution is -2.44. The standard InChI is InChI=1S/C17H23N5O3S2/c1-13(2)10-21(15-8-9-27(24,25)12-15)16(23)11-26-17-18-19-20-22(17)14-6-4-3-5-7-14/h3-7,13,15H,8-12H2,1-2H3. The zero-order valence-corrected chi connectivity index (χ0v) is 17.0. The second-order valence-electron chi connectivity index (χ2n) is 6.99. The summed E-state index contributed by atoms with van der Waals surface area (Å²) in [6.45, 7) is 4.59. The summed E-state index contributed by atoms with van der Waals surface area (Å²) in [5.41, 5.74) is 0.818. The molecule has 3 rings (SSSR count). The summed E-state index contributed by atoms with van der Waals surface area (Å²) in [7, 11) is -3.05. The van der Waals surface area contributed by atoms with Gasteiger partial charge in [-0.25, -0.2) is 8.42 Å². The van der Waals surface area contributed by atoms with Crippen molar-refractivity contribution < 1.29 is 13.2 Å². The highest BCUT2D eigenvalue weighted by Crippen LogP contribution is 2.23. The Morgan fingerprint density at radius 1 is 1.33 bits per heavy atom. The van der Waals surface area contributed by atoms with Crippen LogP contribution in [0.2, 0.25) is 0 Å². The summed E-state index contributed by atoms with van der Waals surface area (Å²) in [6.07, 6.45) is 0.507. The summed E-state index contributed by atoms with van der Waals surface area (Å²) in [6, 6.07) is 9.22. The van der Waals surface area contributed by atoms with E-state index in [1.54, 1.807) is 9.58 Å². The van der Waals surface area contributed by atoms with Gasteiger partial charge in [0.15, 0.2) is 9.84 Å². The van der Waals surface area contributed by atoms with Gasteiger partial charge in [-0.3, -0.25) is 4.79 Å². The Labute approximate surface area is 163 Å². The first-order chi connectivity index (χ1) is 12.9. The number of carbonyl (C=O) groups excluding carboxylic acids is 1. The van der Waals surface area contributed by atoms with Crippen molar-refractivity contribution in [1.29, 1.82) is 0 Å². The summed E-state index contributed by atoms with van der Waals surface area (Å²) in [5, 5.41) is 12.2. The number of tetrazole rings is 1. The molecule has 0 spiro atoms. The Kier molecular flexibility index (Phi) is 6.15. The third kappa shape index (κ3) is 5.07. The maximum absolute atomic E-state index is 12.9. The third-order valence-electron chi connectivity index (χ3n) is 4.30. The van der Waals surface area contributed by atoms with Crippen LogP contribution in [0.1, 0.15) is 20.3 Å². The summed E-state index contributed by atoms with van der Waals surface area (Å²) in [4.78, 5) is 14.6. The molecule has 0 aliphatic carbocycles. The van der Waals surface area contributed by atoms with Gasteiger partial charge in [0.1, 0.15) is 0 Å². The van der Waals surface area contributed by atoms with E-state index in [4.69, 9.17) is 0 Å². The van der Waals surface area contributed by atoms with Crippen molar-refractivity contribution in [2.45, 2.75) is 31.5 Å². The van der Waals surface area contributed by atoms with E-state index >= 15 is 0 Å². The number of aromatic nitrogens is 4. The molecule has 27 heavy (non-hydrogen) atoms. The smallest absolute Gasteiger partial charge is 0.233 e. The largest absolute Gasteiger partial charge is 0.338 e. The lowest BCUT2D eigenvalue weighted by Gasteiger charge is -2.29. The van der Waals surface area contributed by atoms with Crippen LogP contribution in [0.3, 0.4) is 0 Å². The fraction of sp³-hybridized carbons (Fsp3) is 0.529. The number of sulfone groups is 1. The van der Waals surface area contributed by atoms with Crippen LogP contribution < -0.4 is 0 Å². The molecule has 8 nitrogen and oxygen atoms in total. The Morgan fingerprint density at radius 2 is 2.07 bits per heavy atom. The third-order valence-corrected chi connectivity index (χ3v) is 6.95. The fourth-order valence-electron chi connectivity index (χ4n) is 3.08. The molecule has 0 bridgehead atoms. The second kappa shape index (κ2) is 8.39. The molecule has 10 heteroatoms. The van der Waals surface area contributed by atoms with Crippen molar-refractivity contribution in [3.63, 3.8) is 0 Å². The second-order valence-corrected chi connectivity index (χ2v) is 10.2. The number of para-hydroxylation sites is 1. The molecule has 1 amide bonds. The summed E-state index contributed by atoms with van der Waals surface area (Å²) >= 11 is 1.26. The topological polar surface area (TPSA) is 98.1 Å². The fourth-order valence-corrected chi connectivity index (χ4v) is 5.59. The minimum atomic E-state index is -3.05. The zero-order chi connectivity index (χ0) is 19.4. The van der Waals surface area contributed by atoms with Crippen LogP contribution in [0, 0.1) is 5.92 Å². The van der Waals surface area contributed by atoms with Crippen molar-refractivity contribution in [1.82, 2.24) is 25.1 Å². The van der Waals surface area contributed by atoms with Gasteiger partial charge in [-0.05, 0) is 34.9 Å². The monoisotopic (exact) mass is 409 g/mol. The molecule has 1 unspecified atom stereocenters. The maximum Gasteiger partial charge on any atom is 0.233 e. The number of nitrogens with zero attached hydrogens (tertiary/aromatic N) is 5. The van der Waals surface area contributed by atoms with Gasteiger partial charge < -0.3 is 4.90 Å². The highest BCUT2D eigenvalue weighted by atomic mass is 32.2. The molecule has 1 aliphatic heterocycles. The summed E-state index contributed by atoms with van der Waals surface area (Å²) in [5.74, 6) is 0.545. The number of thioether (sulfide) groups is 1. The molecule has 2 aromatic rings. The van der Waals surface area contributed by atoms with Gasteiger partial charge in [-0.2, -0.15) is 4.68 Å². The van der Waals surface area contributed by atoms with Gasteiger partial charge in [0.25, 0.3) is 0 Å². The van der Waals surface area contributed by atoms with Crippen molar-refractivity contribution in [2.24, 2.45) is 5.92 Å². The van der Waals surface area contributed by atoms with Crippen LogP contribution in [0.4, 0.5) is 0 Å². The van der Waals surface area contributed by atoms with Crippen LogP contribution in [-0.4, -0.2) is 69.3 Å². The first-order valence-electron chi connectivity index (χ1n) is 8.82. The highest BCUT2D eigenvalue weighted by molar-refractivity contribution is 7.99. The minimum absolute atomic E-state index is 0.0535. The van der Waals surface area contributed by atoms with Gasteiger partial charge in [0, 0.05) is 12.6 Å². The van der Waals surface area contributed by atoms with E-state index in [0.717, 1.165) is 5.69 Å². The molecule has 0 saturated carbocycles. The first-order valence-corrected chi connectivity index (χ1v) is 11.6. The van der Waals surface area contributed by atoms with Crippen LogP contribution >= 0.6 is 11.8 Å². The Morgan fingerprint density at radius 3 is 2.70 bits per heavy atom. The number of benzene rings is 1. The quantitative estimate of drug-likeness (QED) is 0.638. The molecule has 0 radical (unpaired) electrons. The predicted octanol–water partition coefficient (Wildman–Crippen LogP) is 1.43. The van der Waals surface area contributed by atoms with Crippen molar-refractivity contribution in [2.75, 3.05) is 23.8 Å². The van der Waals surface area contributed by atoms with Crippen molar-refractivity contribution in [3.05, 3.63) is 30.3 Å². The molecule has 1 aliphatic rings. The summed E-state index contributed by atoms with van der Waals surface area (Å²) < 4.78 is 25.2. The molecule has 2 heterocycles. The average Bonchev–Trinajstić information content (AvgIpc) is 3.24. The molecular weight excluding hydrogens is 386 g/mol. The van der Waals surface area contributed by atoms with Gasteiger partial charge in [0.05, 0.1) is 22.9 Å². The van der Waals surface area contributed by atoms with E-state index in [0.29, 0.717) is 18.1 Å². The van der Waals surface area contributed by atoms with Crippen LogP contribution in [0.25, 0.3) is 5.69 Å². The number of rotatable bonds is 7. The lowest BCUT2D eigenvalue weighted by molar-refractivity contribution is -0.130. The number of amides is 1. The number of hydrogen-bond acceptors (Lipinski definition) is 7. The first kappa shape index (κ1) is 19.8. The number of hydrogen-bond donors (Lipinski definition) is 0.